The Morgan fingerprint density at radius 3 is 2.69 bits per heavy atom. The molecule has 3 heterocycles. The second kappa shape index (κ2) is 9.61. The highest BCUT2D eigenvalue weighted by Gasteiger charge is 2.25. The zero-order valence-corrected chi connectivity index (χ0v) is 17.8. The lowest BCUT2D eigenvalue weighted by Crippen LogP contribution is -2.45. The van der Waals surface area contributed by atoms with Gasteiger partial charge in [0, 0.05) is 25.8 Å². The van der Waals surface area contributed by atoms with Gasteiger partial charge in [-0.25, -0.2) is 0 Å². The van der Waals surface area contributed by atoms with Gasteiger partial charge in [-0.2, -0.15) is 5.10 Å². The highest BCUT2D eigenvalue weighted by Crippen LogP contribution is 2.29. The van der Waals surface area contributed by atoms with E-state index in [2.05, 4.69) is 34.5 Å². The molecule has 29 heavy (non-hydrogen) atoms. The van der Waals surface area contributed by atoms with Crippen molar-refractivity contribution in [3.63, 3.8) is 0 Å². The Morgan fingerprint density at radius 1 is 1.21 bits per heavy atom. The first-order chi connectivity index (χ1) is 13.6. The van der Waals surface area contributed by atoms with Crippen LogP contribution in [0.1, 0.15) is 43.2 Å². The minimum absolute atomic E-state index is 0. The molecule has 8 heteroatoms. The third-order valence-electron chi connectivity index (χ3n) is 5.40. The van der Waals surface area contributed by atoms with Gasteiger partial charge >= 0.3 is 0 Å². The van der Waals surface area contributed by atoms with Crippen molar-refractivity contribution in [1.29, 1.82) is 0 Å². The van der Waals surface area contributed by atoms with E-state index < -0.39 is 0 Å². The lowest BCUT2D eigenvalue weighted by molar-refractivity contribution is -0.00517. The molecule has 0 aliphatic carbocycles. The average Bonchev–Trinajstić information content (AvgIpc) is 3.19. The Labute approximate surface area is 178 Å². The number of halogens is 1. The van der Waals surface area contributed by atoms with Gasteiger partial charge in [-0.15, -0.1) is 12.4 Å². The Morgan fingerprint density at radius 2 is 1.97 bits per heavy atom. The van der Waals surface area contributed by atoms with Crippen molar-refractivity contribution in [3.05, 3.63) is 42.2 Å². The molecule has 0 saturated carbocycles. The number of morpholine rings is 1. The molecule has 4 rings (SSSR count). The Kier molecular flexibility index (Phi) is 7.16. The van der Waals surface area contributed by atoms with Gasteiger partial charge in [0.2, 0.25) is 0 Å². The maximum atomic E-state index is 12.8. The van der Waals surface area contributed by atoms with Crippen molar-refractivity contribution >= 4 is 29.7 Å². The van der Waals surface area contributed by atoms with E-state index in [1.807, 2.05) is 35.1 Å². The molecule has 158 valence electrons. The molecule has 0 bridgehead atoms. The maximum Gasteiger partial charge on any atom is 0.276 e. The number of ether oxygens (including phenoxy) is 1. The molecule has 0 radical (unpaired) electrons. The summed E-state index contributed by atoms with van der Waals surface area (Å²) in [5, 5.41) is 11.0. The van der Waals surface area contributed by atoms with Crippen molar-refractivity contribution in [2.45, 2.75) is 44.9 Å². The van der Waals surface area contributed by atoms with Gasteiger partial charge in [-0.05, 0) is 51.4 Å². The molecule has 1 aromatic heterocycles. The number of benzene rings is 1. The van der Waals surface area contributed by atoms with Crippen LogP contribution in [-0.4, -0.2) is 54.1 Å². The van der Waals surface area contributed by atoms with E-state index in [0.717, 1.165) is 50.4 Å². The number of anilines is 2. The number of carbonyl (C=O) groups excluding carboxylic acids is 1. The highest BCUT2D eigenvalue weighted by molar-refractivity contribution is 6.04. The van der Waals surface area contributed by atoms with E-state index >= 15 is 0 Å². The van der Waals surface area contributed by atoms with Crippen molar-refractivity contribution in [2.24, 2.45) is 0 Å². The smallest absolute Gasteiger partial charge is 0.276 e. The van der Waals surface area contributed by atoms with E-state index in [1.54, 1.807) is 6.07 Å². The van der Waals surface area contributed by atoms with Gasteiger partial charge in [-0.3, -0.25) is 9.48 Å². The van der Waals surface area contributed by atoms with Gasteiger partial charge in [0.05, 0.1) is 29.6 Å². The number of nitrogens with zero attached hydrogens (tertiary/aromatic N) is 3. The number of hydrogen-bond donors (Lipinski definition) is 2. The first-order valence-electron chi connectivity index (χ1n) is 10.2. The van der Waals surface area contributed by atoms with E-state index in [0.29, 0.717) is 11.7 Å². The van der Waals surface area contributed by atoms with Crippen LogP contribution in [0, 0.1) is 0 Å². The van der Waals surface area contributed by atoms with Gasteiger partial charge in [-0.1, -0.05) is 12.1 Å². The summed E-state index contributed by atoms with van der Waals surface area (Å²) in [7, 11) is 0. The van der Waals surface area contributed by atoms with Gasteiger partial charge in [0.1, 0.15) is 0 Å². The molecule has 3 unspecified atom stereocenters. The van der Waals surface area contributed by atoms with Crippen LogP contribution >= 0.6 is 12.4 Å². The molecule has 1 amide bonds. The summed E-state index contributed by atoms with van der Waals surface area (Å²) >= 11 is 0. The van der Waals surface area contributed by atoms with Crippen LogP contribution < -0.4 is 15.5 Å². The molecule has 2 aliphatic heterocycles. The summed E-state index contributed by atoms with van der Waals surface area (Å²) in [5.41, 5.74) is 2.28. The fourth-order valence-electron chi connectivity index (χ4n) is 4.14. The van der Waals surface area contributed by atoms with Gasteiger partial charge in [0.15, 0.2) is 5.69 Å². The second-order valence-corrected chi connectivity index (χ2v) is 7.81. The quantitative estimate of drug-likeness (QED) is 0.796. The monoisotopic (exact) mass is 419 g/mol. The predicted octanol–water partition coefficient (Wildman–Crippen LogP) is 3.10. The predicted molar refractivity (Wildman–Crippen MR) is 117 cm³/mol. The Hall–Kier alpha value is -2.09. The van der Waals surface area contributed by atoms with Crippen LogP contribution in [0.25, 0.3) is 0 Å². The van der Waals surface area contributed by atoms with Crippen molar-refractivity contribution in [3.8, 4) is 0 Å². The molecule has 2 aromatic rings. The molecule has 1 aromatic carbocycles. The van der Waals surface area contributed by atoms with Crippen LogP contribution in [0.15, 0.2) is 36.5 Å². The molecule has 2 fully saturated rings. The lowest BCUT2D eigenvalue weighted by atomic mass is 10.1. The SMILES string of the molecule is CC1CN(c2ccccc2NC(=O)c2ccn(C3CCCNC3)n2)CC(C)O1.Cl. The van der Waals surface area contributed by atoms with Crippen LogP contribution in [0.4, 0.5) is 11.4 Å². The number of para-hydroxylation sites is 2. The number of hydrogen-bond acceptors (Lipinski definition) is 5. The van der Waals surface area contributed by atoms with Crippen LogP contribution in [0.2, 0.25) is 0 Å². The van der Waals surface area contributed by atoms with E-state index in [-0.39, 0.29) is 30.5 Å². The zero-order chi connectivity index (χ0) is 19.5. The van der Waals surface area contributed by atoms with Gasteiger partial charge < -0.3 is 20.3 Å². The largest absolute Gasteiger partial charge is 0.372 e. The number of carbonyl (C=O) groups is 1. The normalized spacial score (nSPS) is 24.6. The average molecular weight is 420 g/mol. The second-order valence-electron chi connectivity index (χ2n) is 7.81. The number of aromatic nitrogens is 2. The fraction of sp³-hybridized carbons (Fsp3) is 0.524. The summed E-state index contributed by atoms with van der Waals surface area (Å²) in [6.07, 6.45) is 4.45. The third kappa shape index (κ3) is 5.10. The van der Waals surface area contributed by atoms with E-state index in [9.17, 15) is 4.79 Å². The fourth-order valence-corrected chi connectivity index (χ4v) is 4.14. The number of piperidine rings is 1. The minimum Gasteiger partial charge on any atom is -0.372 e. The molecule has 2 aliphatic rings. The van der Waals surface area contributed by atoms with Crippen LogP contribution in [0.3, 0.4) is 0 Å². The standard InChI is InChI=1S/C21H29N5O2.ClH/c1-15-13-25(14-16(2)28-15)20-8-4-3-7-18(20)23-21(27)19-9-11-26(24-19)17-6-5-10-22-12-17;/h3-4,7-9,11,15-17,22H,5-6,10,12-14H2,1-2H3,(H,23,27);1H. The molecular formula is C21H30ClN5O2. The number of rotatable bonds is 4. The minimum atomic E-state index is -0.177. The summed E-state index contributed by atoms with van der Waals surface area (Å²) in [6.45, 7) is 7.73. The summed E-state index contributed by atoms with van der Waals surface area (Å²) in [6, 6.07) is 10.1. The van der Waals surface area contributed by atoms with Crippen LogP contribution in [-0.2, 0) is 4.74 Å². The topological polar surface area (TPSA) is 71.4 Å². The summed E-state index contributed by atoms with van der Waals surface area (Å²) < 4.78 is 7.76. The van der Waals surface area contributed by atoms with Gasteiger partial charge in [0.25, 0.3) is 5.91 Å². The first-order valence-corrected chi connectivity index (χ1v) is 10.2. The summed E-state index contributed by atoms with van der Waals surface area (Å²) in [4.78, 5) is 15.1. The first kappa shape index (κ1) is 21.6. The number of amides is 1. The molecule has 2 saturated heterocycles. The Bertz CT molecular complexity index is 811. The zero-order valence-electron chi connectivity index (χ0n) is 17.0. The summed E-state index contributed by atoms with van der Waals surface area (Å²) in [5.74, 6) is -0.177. The molecular weight excluding hydrogens is 390 g/mol. The number of nitrogens with one attached hydrogen (secondary N) is 2. The van der Waals surface area contributed by atoms with Crippen LogP contribution in [0.5, 0.6) is 0 Å². The Balaban J connectivity index is 0.00000240. The van der Waals surface area contributed by atoms with Crippen molar-refractivity contribution < 1.29 is 9.53 Å². The lowest BCUT2D eigenvalue weighted by Gasteiger charge is -2.37. The molecule has 0 spiro atoms. The van der Waals surface area contributed by atoms with Crippen molar-refractivity contribution in [2.75, 3.05) is 36.4 Å². The van der Waals surface area contributed by atoms with E-state index in [1.165, 1.54) is 0 Å². The molecule has 7 nitrogen and oxygen atoms in total. The third-order valence-corrected chi connectivity index (χ3v) is 5.40. The van der Waals surface area contributed by atoms with E-state index in [4.69, 9.17) is 4.74 Å². The molecule has 2 N–H and O–H groups in total. The van der Waals surface area contributed by atoms with Crippen molar-refractivity contribution in [1.82, 2.24) is 15.1 Å². The highest BCUT2D eigenvalue weighted by atomic mass is 35.5. The molecule has 3 atom stereocenters. The maximum absolute atomic E-state index is 12.8.